The van der Waals surface area contributed by atoms with E-state index in [4.69, 9.17) is 10.7 Å². The Hall–Kier alpha value is -4.33. The zero-order valence-corrected chi connectivity index (χ0v) is 25.3. The predicted octanol–water partition coefficient (Wildman–Crippen LogP) is 7.33. The molecule has 0 bridgehead atoms. The molecule has 2 aromatic carbocycles. The van der Waals surface area contributed by atoms with Gasteiger partial charge in [-0.15, -0.1) is 0 Å². The molecule has 224 valence electrons. The number of carbonyl (C=O) groups is 1. The number of nitrogens with one attached hydrogen (secondary N) is 1. The number of allylic oxidation sites excluding steroid dienone is 4. The van der Waals surface area contributed by atoms with Gasteiger partial charge in [0.15, 0.2) is 5.83 Å². The SMILES string of the molecule is CCC(C)c1cc(C(CNC(=O)c2cc(C)c(N)c(/C=N/N3CC3)c2)c2ccccc2)nc(C2=CCCC(F)=C2F)c1C. The summed E-state index contributed by atoms with van der Waals surface area (Å²) in [4.78, 5) is 18.5. The molecule has 3 N–H and O–H groups in total. The Balaban J connectivity index is 1.52. The van der Waals surface area contributed by atoms with Crippen molar-refractivity contribution in [2.45, 2.75) is 58.8 Å². The minimum Gasteiger partial charge on any atom is -0.398 e. The van der Waals surface area contributed by atoms with Crippen molar-refractivity contribution < 1.29 is 13.6 Å². The predicted molar refractivity (Wildman–Crippen MR) is 170 cm³/mol. The third-order valence-corrected chi connectivity index (χ3v) is 8.41. The number of nitrogens with two attached hydrogens (primary N) is 1. The highest BCUT2D eigenvalue weighted by Crippen LogP contribution is 2.38. The van der Waals surface area contributed by atoms with Crippen molar-refractivity contribution in [2.75, 3.05) is 25.4 Å². The van der Waals surface area contributed by atoms with Gasteiger partial charge in [0.1, 0.15) is 5.83 Å². The van der Waals surface area contributed by atoms with Gasteiger partial charge in [0.25, 0.3) is 5.91 Å². The number of aromatic nitrogens is 1. The second-order valence-corrected chi connectivity index (χ2v) is 11.5. The molecule has 5 rings (SSSR count). The fourth-order valence-electron chi connectivity index (χ4n) is 5.45. The van der Waals surface area contributed by atoms with Crippen LogP contribution in [0, 0.1) is 13.8 Å². The van der Waals surface area contributed by atoms with Crippen LogP contribution in [0.15, 0.2) is 71.4 Å². The zero-order valence-electron chi connectivity index (χ0n) is 25.3. The molecular formula is C35H39F2N5O. The Labute approximate surface area is 252 Å². The molecule has 2 aliphatic rings. The van der Waals surface area contributed by atoms with Crippen molar-refractivity contribution in [2.24, 2.45) is 5.10 Å². The molecule has 8 heteroatoms. The summed E-state index contributed by atoms with van der Waals surface area (Å²) >= 11 is 0. The van der Waals surface area contributed by atoms with E-state index in [1.54, 1.807) is 24.4 Å². The quantitative estimate of drug-likeness (QED) is 0.149. The molecule has 1 saturated heterocycles. The van der Waals surface area contributed by atoms with Gasteiger partial charge in [-0.05, 0) is 73.1 Å². The molecule has 0 spiro atoms. The van der Waals surface area contributed by atoms with E-state index < -0.39 is 11.7 Å². The lowest BCUT2D eigenvalue weighted by Gasteiger charge is -2.24. The number of pyridine rings is 1. The second-order valence-electron chi connectivity index (χ2n) is 11.5. The minimum absolute atomic E-state index is 0.0569. The van der Waals surface area contributed by atoms with Crippen molar-refractivity contribution in [3.05, 3.63) is 111 Å². The molecular weight excluding hydrogens is 544 g/mol. The maximum Gasteiger partial charge on any atom is 0.251 e. The Morgan fingerprint density at radius 1 is 1.16 bits per heavy atom. The summed E-state index contributed by atoms with van der Waals surface area (Å²) in [5.74, 6) is -1.97. The highest BCUT2D eigenvalue weighted by atomic mass is 19.2. The number of carbonyl (C=O) groups excluding carboxylic acids is 1. The monoisotopic (exact) mass is 583 g/mol. The summed E-state index contributed by atoms with van der Waals surface area (Å²) in [7, 11) is 0. The molecule has 2 heterocycles. The third-order valence-electron chi connectivity index (χ3n) is 8.41. The molecule has 6 nitrogen and oxygen atoms in total. The maximum atomic E-state index is 15.1. The molecule has 1 aliphatic heterocycles. The summed E-state index contributed by atoms with van der Waals surface area (Å²) in [6.07, 6.45) is 4.79. The molecule has 43 heavy (non-hydrogen) atoms. The van der Waals surface area contributed by atoms with Gasteiger partial charge in [-0.3, -0.25) is 14.8 Å². The van der Waals surface area contributed by atoms with Gasteiger partial charge >= 0.3 is 0 Å². The number of hydrogen-bond donors (Lipinski definition) is 2. The van der Waals surface area contributed by atoms with Crippen LogP contribution in [-0.2, 0) is 0 Å². The third kappa shape index (κ3) is 6.69. The minimum atomic E-state index is -0.838. The number of anilines is 1. The van der Waals surface area contributed by atoms with E-state index in [1.165, 1.54) is 0 Å². The summed E-state index contributed by atoms with van der Waals surface area (Å²) < 4.78 is 29.5. The van der Waals surface area contributed by atoms with Crippen LogP contribution in [-0.4, -0.2) is 41.7 Å². The lowest BCUT2D eigenvalue weighted by Crippen LogP contribution is -2.30. The first kappa shape index (κ1) is 30.1. The van der Waals surface area contributed by atoms with Crippen LogP contribution >= 0.6 is 0 Å². The van der Waals surface area contributed by atoms with Crippen molar-refractivity contribution in [1.29, 1.82) is 0 Å². The molecule has 2 unspecified atom stereocenters. The van der Waals surface area contributed by atoms with Crippen LogP contribution in [0.25, 0.3) is 5.57 Å². The molecule has 0 radical (unpaired) electrons. The van der Waals surface area contributed by atoms with E-state index in [2.05, 4.69) is 30.3 Å². The van der Waals surface area contributed by atoms with E-state index >= 15 is 4.39 Å². The standard InChI is InChI=1S/C35H39F2N5O/c1-5-21(2)28-18-31(41-34(23(28)4)27-12-9-13-30(36)32(27)37)29(24-10-7-6-8-11-24)20-39-35(43)25-16-22(3)33(38)26(17-25)19-40-42-14-15-42/h6-8,10-12,16-19,21,29H,5,9,13-15,20,38H2,1-4H3,(H,39,43)/b40-19+. The summed E-state index contributed by atoms with van der Waals surface area (Å²) in [6.45, 7) is 10.1. The highest BCUT2D eigenvalue weighted by molar-refractivity contribution is 5.98. The fraction of sp³-hybridized carbons (Fsp3) is 0.343. The number of nitrogens with zero attached hydrogens (tertiary/aromatic N) is 3. The highest BCUT2D eigenvalue weighted by Gasteiger charge is 2.26. The second kappa shape index (κ2) is 12.9. The average molecular weight is 584 g/mol. The molecule has 3 aromatic rings. The van der Waals surface area contributed by atoms with Gasteiger partial charge < -0.3 is 11.1 Å². The van der Waals surface area contributed by atoms with Gasteiger partial charge in [0, 0.05) is 41.3 Å². The van der Waals surface area contributed by atoms with Gasteiger partial charge in [-0.25, -0.2) is 8.78 Å². The number of amides is 1. The van der Waals surface area contributed by atoms with E-state index in [-0.39, 0.29) is 36.3 Å². The van der Waals surface area contributed by atoms with Crippen LogP contribution < -0.4 is 11.1 Å². The Kier molecular flexibility index (Phi) is 9.04. The summed E-state index contributed by atoms with van der Waals surface area (Å²) in [5, 5.41) is 9.40. The number of halogens is 2. The number of hydrogen-bond acceptors (Lipinski definition) is 5. The molecule has 0 saturated carbocycles. The fourth-order valence-corrected chi connectivity index (χ4v) is 5.45. The van der Waals surface area contributed by atoms with Gasteiger partial charge in [-0.2, -0.15) is 5.10 Å². The Morgan fingerprint density at radius 3 is 2.60 bits per heavy atom. The summed E-state index contributed by atoms with van der Waals surface area (Å²) in [6, 6.07) is 15.4. The maximum absolute atomic E-state index is 15.1. The van der Waals surface area contributed by atoms with E-state index in [1.807, 2.05) is 49.2 Å². The van der Waals surface area contributed by atoms with E-state index in [0.29, 0.717) is 34.6 Å². The molecule has 1 amide bonds. The van der Waals surface area contributed by atoms with E-state index in [9.17, 15) is 9.18 Å². The number of hydrazone groups is 1. The number of benzene rings is 2. The molecule has 2 atom stereocenters. The van der Waals surface area contributed by atoms with Crippen LogP contribution in [0.1, 0.15) is 94.5 Å². The van der Waals surface area contributed by atoms with Crippen LogP contribution in [0.4, 0.5) is 14.5 Å². The number of nitrogen functional groups attached to an aromatic ring is 1. The topological polar surface area (TPSA) is 83.4 Å². The average Bonchev–Trinajstić information content (AvgIpc) is 3.84. The number of aryl methyl sites for hydroxylation is 1. The Morgan fingerprint density at radius 2 is 1.91 bits per heavy atom. The lowest BCUT2D eigenvalue weighted by atomic mass is 9.86. The van der Waals surface area contributed by atoms with Crippen molar-refractivity contribution in [1.82, 2.24) is 15.3 Å². The van der Waals surface area contributed by atoms with E-state index in [0.717, 1.165) is 41.8 Å². The normalized spacial score (nSPS) is 16.3. The molecule has 1 fully saturated rings. The van der Waals surface area contributed by atoms with Gasteiger partial charge in [0.2, 0.25) is 0 Å². The first-order valence-corrected chi connectivity index (χ1v) is 15.0. The molecule has 1 aliphatic carbocycles. The first-order valence-electron chi connectivity index (χ1n) is 15.0. The largest absolute Gasteiger partial charge is 0.398 e. The van der Waals surface area contributed by atoms with Gasteiger partial charge in [0.05, 0.1) is 30.7 Å². The van der Waals surface area contributed by atoms with Crippen LogP contribution in [0.5, 0.6) is 0 Å². The first-order chi connectivity index (χ1) is 20.7. The van der Waals surface area contributed by atoms with Crippen LogP contribution in [0.2, 0.25) is 0 Å². The zero-order chi connectivity index (χ0) is 30.7. The lowest BCUT2D eigenvalue weighted by molar-refractivity contribution is 0.0952. The van der Waals surface area contributed by atoms with Crippen LogP contribution in [0.3, 0.4) is 0 Å². The Bertz CT molecular complexity index is 1610. The summed E-state index contributed by atoms with van der Waals surface area (Å²) in [5.41, 5.74) is 13.1. The molecule has 1 aromatic heterocycles. The van der Waals surface area contributed by atoms with Gasteiger partial charge in [-0.1, -0.05) is 50.3 Å². The van der Waals surface area contributed by atoms with Crippen molar-refractivity contribution >= 4 is 23.4 Å². The smallest absolute Gasteiger partial charge is 0.251 e. The van der Waals surface area contributed by atoms with Crippen molar-refractivity contribution in [3.63, 3.8) is 0 Å². The van der Waals surface area contributed by atoms with Crippen molar-refractivity contribution in [3.8, 4) is 0 Å². The number of rotatable bonds is 10.